The van der Waals surface area contributed by atoms with Gasteiger partial charge in [-0.3, -0.25) is 4.79 Å². The van der Waals surface area contributed by atoms with Gasteiger partial charge in [0.15, 0.2) is 0 Å². The number of likely N-dealkylation sites (tertiary alicyclic amines) is 1. The van der Waals surface area contributed by atoms with Gasteiger partial charge in [0.25, 0.3) is 0 Å². The predicted molar refractivity (Wildman–Crippen MR) is 119 cm³/mol. The van der Waals surface area contributed by atoms with E-state index in [-0.39, 0.29) is 20.6 Å². The first kappa shape index (κ1) is 25.4. The van der Waals surface area contributed by atoms with Gasteiger partial charge in [-0.2, -0.15) is 0 Å². The number of nitrogens with zero attached hydrogens (tertiary/aromatic N) is 1. The lowest BCUT2D eigenvalue weighted by molar-refractivity contribution is -0.142. The highest BCUT2D eigenvalue weighted by Crippen LogP contribution is 2.19. The first-order valence-electron chi connectivity index (χ1n) is 9.99. The largest absolute Gasteiger partial charge is 0.481 e. The van der Waals surface area contributed by atoms with Gasteiger partial charge in [0, 0.05) is 13.1 Å². The molecule has 1 aliphatic heterocycles. The number of carboxylic acid groups (broad SMARTS) is 1. The number of ether oxygens (including phenoxy) is 1. The van der Waals surface area contributed by atoms with Crippen LogP contribution in [0, 0.1) is 5.92 Å². The number of fused-ring (bicyclic) bond motifs is 1. The Morgan fingerprint density at radius 3 is 2.37 bits per heavy atom. The van der Waals surface area contributed by atoms with Crippen molar-refractivity contribution in [1.29, 1.82) is 0 Å². The van der Waals surface area contributed by atoms with E-state index in [2.05, 4.69) is 12.1 Å². The fourth-order valence-corrected chi connectivity index (χ4v) is 3.17. The van der Waals surface area contributed by atoms with E-state index in [1.807, 2.05) is 30.3 Å². The zero-order valence-corrected chi connectivity index (χ0v) is 17.4. The second kappa shape index (κ2) is 11.6. The van der Waals surface area contributed by atoms with Crippen LogP contribution >= 0.6 is 0 Å². The molecular formula is C24H35NO5. The second-order valence-corrected chi connectivity index (χ2v) is 8.30. The summed E-state index contributed by atoms with van der Waals surface area (Å²) in [7, 11) is 0. The van der Waals surface area contributed by atoms with Crippen LogP contribution in [0.4, 0.5) is 4.79 Å². The summed E-state index contributed by atoms with van der Waals surface area (Å²) in [6.07, 6.45) is 1.90. The van der Waals surface area contributed by atoms with Crippen molar-refractivity contribution in [2.24, 2.45) is 5.92 Å². The van der Waals surface area contributed by atoms with Gasteiger partial charge >= 0.3 is 12.1 Å². The van der Waals surface area contributed by atoms with E-state index in [1.165, 1.54) is 15.7 Å². The highest BCUT2D eigenvalue weighted by molar-refractivity contribution is 5.82. The summed E-state index contributed by atoms with van der Waals surface area (Å²) in [6, 6.07) is 14.1. The van der Waals surface area contributed by atoms with E-state index in [0.717, 1.165) is 18.4 Å². The molecular weight excluding hydrogens is 382 g/mol. The molecule has 1 fully saturated rings. The fraction of sp³-hybridized carbons (Fsp3) is 0.500. The molecule has 0 aliphatic carbocycles. The maximum atomic E-state index is 11.8. The molecule has 0 bridgehead atoms. The molecule has 1 atom stereocenters. The number of carboxylic acids is 1. The highest BCUT2D eigenvalue weighted by atomic mass is 16.6. The third-order valence-corrected chi connectivity index (χ3v) is 4.67. The molecule has 1 aliphatic rings. The second-order valence-electron chi connectivity index (χ2n) is 8.30. The molecule has 0 saturated carbocycles. The van der Waals surface area contributed by atoms with E-state index in [0.29, 0.717) is 13.0 Å². The van der Waals surface area contributed by atoms with Gasteiger partial charge in [-0.15, -0.1) is 0 Å². The number of rotatable bonds is 2. The molecule has 0 aromatic heterocycles. The maximum Gasteiger partial charge on any atom is 0.410 e. The van der Waals surface area contributed by atoms with Gasteiger partial charge in [-0.05, 0) is 56.0 Å². The van der Waals surface area contributed by atoms with Crippen molar-refractivity contribution in [2.45, 2.75) is 59.7 Å². The van der Waals surface area contributed by atoms with Crippen molar-refractivity contribution < 1.29 is 24.5 Å². The van der Waals surface area contributed by atoms with Crippen LogP contribution in [-0.2, 0) is 16.1 Å². The summed E-state index contributed by atoms with van der Waals surface area (Å²) in [4.78, 5) is 24.3. The zero-order chi connectivity index (χ0) is 21.4. The number of carbonyl (C=O) groups is 2. The molecule has 1 saturated heterocycles. The van der Waals surface area contributed by atoms with Gasteiger partial charge in [-0.25, -0.2) is 4.79 Å². The SMILES string of the molecule is C.CC(C)(C)OC(=O)N1CCCCC(C(=O)O)C1.OCc1ccc2ccccc2c1. The zero-order valence-electron chi connectivity index (χ0n) is 17.4. The summed E-state index contributed by atoms with van der Waals surface area (Å²) in [5, 5.41) is 20.3. The van der Waals surface area contributed by atoms with Crippen molar-refractivity contribution in [3.05, 3.63) is 48.0 Å². The molecule has 1 unspecified atom stereocenters. The van der Waals surface area contributed by atoms with Gasteiger partial charge < -0.3 is 19.8 Å². The number of benzene rings is 2. The Hall–Kier alpha value is -2.60. The van der Waals surface area contributed by atoms with Gasteiger partial charge in [0.05, 0.1) is 12.5 Å². The Bertz CT molecular complexity index is 828. The Morgan fingerprint density at radius 2 is 1.77 bits per heavy atom. The van der Waals surface area contributed by atoms with Crippen molar-refractivity contribution >= 4 is 22.8 Å². The average Bonchev–Trinajstić information content (AvgIpc) is 2.93. The van der Waals surface area contributed by atoms with Crippen molar-refractivity contribution in [3.63, 3.8) is 0 Å². The number of aliphatic hydroxyl groups is 1. The number of aliphatic carboxylic acids is 1. The molecule has 2 aromatic carbocycles. The van der Waals surface area contributed by atoms with Crippen LogP contribution in [0.1, 0.15) is 53.0 Å². The summed E-state index contributed by atoms with van der Waals surface area (Å²) >= 11 is 0. The molecule has 1 amide bonds. The molecule has 2 aromatic rings. The lowest BCUT2D eigenvalue weighted by Gasteiger charge is -2.27. The molecule has 30 heavy (non-hydrogen) atoms. The van der Waals surface area contributed by atoms with Gasteiger partial charge in [-0.1, -0.05) is 50.2 Å². The Balaban J connectivity index is 0.000000304. The van der Waals surface area contributed by atoms with E-state index >= 15 is 0 Å². The Morgan fingerprint density at radius 1 is 1.10 bits per heavy atom. The summed E-state index contributed by atoms with van der Waals surface area (Å²) in [6.45, 7) is 6.36. The molecule has 0 radical (unpaired) electrons. The van der Waals surface area contributed by atoms with Crippen molar-refractivity contribution in [1.82, 2.24) is 4.90 Å². The first-order chi connectivity index (χ1) is 13.7. The van der Waals surface area contributed by atoms with E-state index in [9.17, 15) is 9.59 Å². The monoisotopic (exact) mass is 417 g/mol. The minimum Gasteiger partial charge on any atom is -0.481 e. The highest BCUT2D eigenvalue weighted by Gasteiger charge is 2.29. The summed E-state index contributed by atoms with van der Waals surface area (Å²) < 4.78 is 5.25. The van der Waals surface area contributed by atoms with Crippen molar-refractivity contribution in [2.75, 3.05) is 13.1 Å². The topological polar surface area (TPSA) is 87.1 Å². The molecule has 166 valence electrons. The molecule has 6 heteroatoms. The van der Waals surface area contributed by atoms with E-state index < -0.39 is 23.6 Å². The minimum atomic E-state index is -0.833. The van der Waals surface area contributed by atoms with E-state index in [1.54, 1.807) is 20.8 Å². The lowest BCUT2D eigenvalue weighted by Crippen LogP contribution is -2.40. The van der Waals surface area contributed by atoms with Crippen LogP contribution in [0.15, 0.2) is 42.5 Å². The molecule has 3 rings (SSSR count). The Labute approximate surface area is 179 Å². The van der Waals surface area contributed by atoms with Crippen LogP contribution in [0.2, 0.25) is 0 Å². The van der Waals surface area contributed by atoms with Crippen LogP contribution < -0.4 is 0 Å². The number of hydrogen-bond donors (Lipinski definition) is 2. The molecule has 0 spiro atoms. The minimum absolute atomic E-state index is 0. The normalized spacial score (nSPS) is 16.5. The summed E-state index contributed by atoms with van der Waals surface area (Å²) in [5.74, 6) is -1.30. The van der Waals surface area contributed by atoms with Crippen LogP contribution in [0.3, 0.4) is 0 Å². The maximum absolute atomic E-state index is 11.8. The smallest absolute Gasteiger partial charge is 0.410 e. The van der Waals surface area contributed by atoms with Gasteiger partial charge in [0.1, 0.15) is 5.60 Å². The molecule has 2 N–H and O–H groups in total. The Kier molecular flexibility index (Phi) is 9.79. The predicted octanol–water partition coefficient (Wildman–Crippen LogP) is 5.08. The quantitative estimate of drug-likeness (QED) is 0.712. The average molecular weight is 418 g/mol. The number of aliphatic hydroxyl groups excluding tert-OH is 1. The molecule has 1 heterocycles. The third-order valence-electron chi connectivity index (χ3n) is 4.67. The first-order valence-corrected chi connectivity index (χ1v) is 9.99. The third kappa shape index (κ3) is 8.03. The van der Waals surface area contributed by atoms with E-state index in [4.69, 9.17) is 14.9 Å². The standard InChI is InChI=1S/C12H21NO4.C11H10O.CH4/c1-12(2,3)17-11(16)13-7-5-4-6-9(8-13)10(14)15;12-8-9-5-6-10-3-1-2-4-11(10)7-9;/h9H,4-8H2,1-3H3,(H,14,15);1-7,12H,8H2;1H4. The van der Waals surface area contributed by atoms with Crippen molar-refractivity contribution in [3.8, 4) is 0 Å². The number of amides is 1. The lowest BCUT2D eigenvalue weighted by atomic mass is 10.0. The van der Waals surface area contributed by atoms with Crippen LogP contribution in [-0.4, -0.2) is 45.9 Å². The molecule has 6 nitrogen and oxygen atoms in total. The number of hydrogen-bond acceptors (Lipinski definition) is 4. The fourth-order valence-electron chi connectivity index (χ4n) is 3.17. The summed E-state index contributed by atoms with van der Waals surface area (Å²) in [5.41, 5.74) is 0.427. The van der Waals surface area contributed by atoms with Crippen LogP contribution in [0.5, 0.6) is 0 Å². The number of carbonyl (C=O) groups excluding carboxylic acids is 1. The van der Waals surface area contributed by atoms with Gasteiger partial charge in [0.2, 0.25) is 0 Å². The van der Waals surface area contributed by atoms with Crippen LogP contribution in [0.25, 0.3) is 10.8 Å².